The molecule has 1 aromatic heterocycles. The Hall–Kier alpha value is -5.01. The topological polar surface area (TPSA) is 203 Å². The highest BCUT2D eigenvalue weighted by Gasteiger charge is 2.30. The van der Waals surface area contributed by atoms with Crippen LogP contribution in [0, 0.1) is 19.3 Å². The second-order valence-corrected chi connectivity index (χ2v) is 8.67. The molecule has 14 nitrogen and oxygen atoms in total. The van der Waals surface area contributed by atoms with Crippen LogP contribution < -0.4 is 15.5 Å². The summed E-state index contributed by atoms with van der Waals surface area (Å²) in [6, 6.07) is 4.62. The number of esters is 1. The predicted octanol–water partition coefficient (Wildman–Crippen LogP) is 2.88. The van der Waals surface area contributed by atoms with Crippen LogP contribution in [0.5, 0.6) is 0 Å². The van der Waals surface area contributed by atoms with Crippen molar-refractivity contribution in [3.63, 3.8) is 0 Å². The SMILES string of the molecule is CCCNC(=O)c1c[nH]c(C(=NC=N)N(C(=O)OCOC(=O)CCC(=O)O)c2cc(C(=O)NCC)ccc2C)c1C. The molecule has 0 spiro atoms. The summed E-state index contributed by atoms with van der Waals surface area (Å²) >= 11 is 0. The minimum atomic E-state index is -1.19. The maximum absolute atomic E-state index is 13.5. The minimum absolute atomic E-state index is 0.134. The van der Waals surface area contributed by atoms with E-state index in [4.69, 9.17) is 20.0 Å². The van der Waals surface area contributed by atoms with Crippen molar-refractivity contribution in [2.45, 2.75) is 47.0 Å². The number of ether oxygens (including phenoxy) is 2. The third-order valence-electron chi connectivity index (χ3n) is 5.72. The van der Waals surface area contributed by atoms with Gasteiger partial charge in [-0.3, -0.25) is 24.6 Å². The number of benzene rings is 1. The molecule has 0 atom stereocenters. The molecule has 5 N–H and O–H groups in total. The largest absolute Gasteiger partial charge is 0.481 e. The van der Waals surface area contributed by atoms with E-state index in [-0.39, 0.29) is 28.7 Å². The molecule has 220 valence electrons. The Kier molecular flexibility index (Phi) is 12.2. The smallest absolute Gasteiger partial charge is 0.423 e. The molecule has 0 bridgehead atoms. The van der Waals surface area contributed by atoms with E-state index in [1.807, 2.05) is 6.92 Å². The number of amides is 3. The zero-order valence-corrected chi connectivity index (χ0v) is 23.3. The average Bonchev–Trinajstić information content (AvgIpc) is 3.32. The van der Waals surface area contributed by atoms with Crippen LogP contribution in [-0.4, -0.2) is 72.0 Å². The number of aromatic nitrogens is 1. The maximum atomic E-state index is 13.5. The minimum Gasteiger partial charge on any atom is -0.481 e. The third-order valence-corrected chi connectivity index (χ3v) is 5.72. The van der Waals surface area contributed by atoms with Crippen LogP contribution in [0.2, 0.25) is 0 Å². The van der Waals surface area contributed by atoms with Gasteiger partial charge in [-0.1, -0.05) is 13.0 Å². The van der Waals surface area contributed by atoms with E-state index in [1.54, 1.807) is 32.9 Å². The lowest BCUT2D eigenvalue weighted by Gasteiger charge is -2.25. The molecule has 0 fully saturated rings. The molecule has 0 saturated heterocycles. The second kappa shape index (κ2) is 15.5. The molecule has 0 radical (unpaired) electrons. The number of carboxylic acids is 1. The highest BCUT2D eigenvalue weighted by molar-refractivity contribution is 6.24. The molecule has 0 aliphatic heterocycles. The molecule has 1 aromatic carbocycles. The van der Waals surface area contributed by atoms with Crippen molar-refractivity contribution in [3.8, 4) is 0 Å². The van der Waals surface area contributed by atoms with Crippen LogP contribution in [0.4, 0.5) is 10.5 Å². The molecular weight excluding hydrogens is 536 g/mol. The lowest BCUT2D eigenvalue weighted by Crippen LogP contribution is -2.40. The van der Waals surface area contributed by atoms with E-state index in [0.717, 1.165) is 11.3 Å². The fourth-order valence-electron chi connectivity index (χ4n) is 3.64. The Bertz CT molecular complexity index is 1330. The molecular formula is C27H34N6O8. The van der Waals surface area contributed by atoms with Crippen molar-refractivity contribution in [2.75, 3.05) is 24.8 Å². The van der Waals surface area contributed by atoms with E-state index >= 15 is 0 Å². The number of amidine groups is 1. The Balaban J connectivity index is 2.56. The standard InChI is InChI=1S/C27H34N6O8/c1-5-11-30-26(38)19-13-31-23(17(19)4)24(32-14-28)33(27(39)41-15-40-22(36)10-9-21(34)35)20-12-18(8-7-16(20)3)25(37)29-6-2/h7-8,12-14,28,31H,5-6,9-11,15H2,1-4H3,(H,29,37)(H,30,38)(H,34,35). The molecule has 0 saturated carbocycles. The van der Waals surface area contributed by atoms with Crippen LogP contribution in [0.25, 0.3) is 0 Å². The zero-order chi connectivity index (χ0) is 30.5. The van der Waals surface area contributed by atoms with Gasteiger partial charge in [0.2, 0.25) is 6.79 Å². The first-order valence-corrected chi connectivity index (χ1v) is 12.8. The van der Waals surface area contributed by atoms with E-state index in [2.05, 4.69) is 20.6 Å². The summed E-state index contributed by atoms with van der Waals surface area (Å²) < 4.78 is 10.0. The fourth-order valence-corrected chi connectivity index (χ4v) is 3.64. The molecule has 1 heterocycles. The molecule has 14 heteroatoms. The summed E-state index contributed by atoms with van der Waals surface area (Å²) in [6.45, 7) is 6.96. The van der Waals surface area contributed by atoms with E-state index in [9.17, 15) is 24.0 Å². The predicted molar refractivity (Wildman–Crippen MR) is 149 cm³/mol. The summed E-state index contributed by atoms with van der Waals surface area (Å²) in [5.41, 5.74) is 1.85. The normalized spacial score (nSPS) is 10.9. The molecule has 2 rings (SSSR count). The van der Waals surface area contributed by atoms with Gasteiger partial charge in [-0.25, -0.2) is 14.7 Å². The summed E-state index contributed by atoms with van der Waals surface area (Å²) in [5.74, 6) is -2.96. The Morgan fingerprint density at radius 3 is 2.44 bits per heavy atom. The number of aliphatic imine (C=N–C) groups is 1. The first-order chi connectivity index (χ1) is 19.5. The molecule has 3 amide bonds. The number of H-pyrrole nitrogens is 1. The van der Waals surface area contributed by atoms with Gasteiger partial charge < -0.3 is 30.2 Å². The number of nitrogens with zero attached hydrogens (tertiary/aromatic N) is 2. The lowest BCUT2D eigenvalue weighted by atomic mass is 10.1. The van der Waals surface area contributed by atoms with Crippen LogP contribution in [0.1, 0.15) is 70.6 Å². The number of nitrogens with one attached hydrogen (secondary N) is 4. The molecule has 2 aromatic rings. The van der Waals surface area contributed by atoms with E-state index in [0.29, 0.717) is 36.1 Å². The number of hydrogen-bond acceptors (Lipinski definition) is 8. The van der Waals surface area contributed by atoms with Gasteiger partial charge >= 0.3 is 18.0 Å². The van der Waals surface area contributed by atoms with E-state index in [1.165, 1.54) is 12.3 Å². The van der Waals surface area contributed by atoms with Crippen LogP contribution in [-0.2, 0) is 19.1 Å². The van der Waals surface area contributed by atoms with Gasteiger partial charge in [0, 0.05) is 24.8 Å². The van der Waals surface area contributed by atoms with Gasteiger partial charge in [-0.15, -0.1) is 0 Å². The number of hydrogen-bond donors (Lipinski definition) is 5. The Morgan fingerprint density at radius 2 is 1.80 bits per heavy atom. The lowest BCUT2D eigenvalue weighted by molar-refractivity contribution is -0.154. The first kappa shape index (κ1) is 32.2. The summed E-state index contributed by atoms with van der Waals surface area (Å²) in [7, 11) is 0. The highest BCUT2D eigenvalue weighted by Crippen LogP contribution is 2.27. The second-order valence-electron chi connectivity index (χ2n) is 8.67. The number of anilines is 1. The summed E-state index contributed by atoms with van der Waals surface area (Å²) in [5, 5.41) is 21.8. The van der Waals surface area contributed by atoms with Gasteiger partial charge in [0.05, 0.1) is 29.8 Å². The monoisotopic (exact) mass is 570 g/mol. The summed E-state index contributed by atoms with van der Waals surface area (Å²) in [6.07, 6.45) is 0.905. The number of carboxylic acid groups (broad SMARTS) is 1. The number of carbonyl (C=O) groups excluding carboxylic acids is 4. The molecule has 0 unspecified atom stereocenters. The third kappa shape index (κ3) is 8.74. The first-order valence-electron chi connectivity index (χ1n) is 12.8. The fraction of sp³-hybridized carbons (Fsp3) is 0.370. The number of aliphatic carboxylic acids is 1. The average molecular weight is 571 g/mol. The number of rotatable bonds is 13. The van der Waals surface area contributed by atoms with Crippen LogP contribution >= 0.6 is 0 Å². The molecule has 41 heavy (non-hydrogen) atoms. The van der Waals surface area contributed by atoms with Crippen molar-refractivity contribution in [3.05, 3.63) is 52.3 Å². The molecule has 0 aliphatic rings. The Labute approximate surface area is 236 Å². The van der Waals surface area contributed by atoms with Crippen molar-refractivity contribution < 1.29 is 38.6 Å². The molecule has 0 aliphatic carbocycles. The van der Waals surface area contributed by atoms with Crippen molar-refractivity contribution >= 4 is 47.7 Å². The number of aryl methyl sites for hydroxylation is 1. The van der Waals surface area contributed by atoms with Crippen LogP contribution in [0.15, 0.2) is 29.4 Å². The van der Waals surface area contributed by atoms with E-state index < -0.39 is 43.6 Å². The number of aromatic amines is 1. The van der Waals surface area contributed by atoms with Crippen LogP contribution in [0.3, 0.4) is 0 Å². The zero-order valence-electron chi connectivity index (χ0n) is 23.3. The van der Waals surface area contributed by atoms with Gasteiger partial charge in [-0.2, -0.15) is 0 Å². The van der Waals surface area contributed by atoms with Crippen molar-refractivity contribution in [1.29, 1.82) is 5.41 Å². The Morgan fingerprint density at radius 1 is 1.07 bits per heavy atom. The van der Waals surface area contributed by atoms with Gasteiger partial charge in [0.25, 0.3) is 11.8 Å². The highest BCUT2D eigenvalue weighted by atomic mass is 16.7. The quantitative estimate of drug-likeness (QED) is 0.105. The van der Waals surface area contributed by atoms with Gasteiger partial charge in [-0.05, 0) is 50.5 Å². The van der Waals surface area contributed by atoms with Gasteiger partial charge in [0.1, 0.15) is 6.34 Å². The van der Waals surface area contributed by atoms with Gasteiger partial charge in [0.15, 0.2) is 5.84 Å². The van der Waals surface area contributed by atoms with Crippen molar-refractivity contribution in [1.82, 2.24) is 15.6 Å². The summed E-state index contributed by atoms with van der Waals surface area (Å²) in [4.78, 5) is 69.3. The number of carbonyl (C=O) groups is 5. The van der Waals surface area contributed by atoms with Crippen molar-refractivity contribution in [2.24, 2.45) is 4.99 Å². The maximum Gasteiger partial charge on any atom is 0.423 e.